The van der Waals surface area contributed by atoms with Gasteiger partial charge in [0.1, 0.15) is 0 Å². The maximum Gasteiger partial charge on any atom is 0.273 e. The van der Waals surface area contributed by atoms with E-state index < -0.39 is 0 Å². The first-order valence-corrected chi connectivity index (χ1v) is 10.2. The first kappa shape index (κ1) is 20.2. The van der Waals surface area contributed by atoms with Crippen molar-refractivity contribution >= 4 is 29.4 Å². The summed E-state index contributed by atoms with van der Waals surface area (Å²) in [5, 5.41) is 8.81. The zero-order chi connectivity index (χ0) is 14.9. The van der Waals surface area contributed by atoms with Crippen molar-refractivity contribution in [2.24, 2.45) is 0 Å². The van der Waals surface area contributed by atoms with Crippen LogP contribution >= 0.6 is 23.5 Å². The minimum absolute atomic E-state index is 0. The van der Waals surface area contributed by atoms with Gasteiger partial charge in [-0.2, -0.15) is 5.26 Å². The molecule has 0 radical (unpaired) electrons. The number of piperidine rings is 2. The van der Waals surface area contributed by atoms with Gasteiger partial charge in [0.2, 0.25) is 0 Å². The second-order valence-corrected chi connectivity index (χ2v) is 7.69. The van der Waals surface area contributed by atoms with E-state index in [2.05, 4.69) is 27.9 Å². The van der Waals surface area contributed by atoms with Gasteiger partial charge in [-0.1, -0.05) is 0 Å². The Bertz CT molecular complexity index is 429. The van der Waals surface area contributed by atoms with Gasteiger partial charge in [0.05, 0.1) is 38.0 Å². The molecule has 0 atom stereocenters. The maximum absolute atomic E-state index is 8.81. The van der Waals surface area contributed by atoms with Crippen molar-refractivity contribution in [3.05, 3.63) is 10.3 Å². The summed E-state index contributed by atoms with van der Waals surface area (Å²) in [6, 6.07) is 2.24. The summed E-state index contributed by atoms with van der Waals surface area (Å²) in [7, 11) is 0. The van der Waals surface area contributed by atoms with Gasteiger partial charge in [0, 0.05) is 10.3 Å². The Labute approximate surface area is 160 Å². The Morgan fingerprint density at radius 1 is 1.14 bits per heavy atom. The molecule has 2 fully saturated rings. The van der Waals surface area contributed by atoms with Gasteiger partial charge >= 0.3 is 0 Å². The molecule has 0 unspecified atom stereocenters. The van der Waals surface area contributed by atoms with Gasteiger partial charge in [0.25, 0.3) is 5.84 Å². The van der Waals surface area contributed by atoms with E-state index in [0.29, 0.717) is 5.75 Å². The van der Waals surface area contributed by atoms with Crippen LogP contribution in [0.1, 0.15) is 38.5 Å². The van der Waals surface area contributed by atoms with Crippen molar-refractivity contribution in [3.63, 3.8) is 0 Å². The molecule has 3 nitrogen and oxygen atoms in total. The van der Waals surface area contributed by atoms with Crippen LogP contribution in [0.25, 0.3) is 0 Å². The van der Waals surface area contributed by atoms with Crippen LogP contribution in [-0.2, 0) is 0 Å². The second kappa shape index (κ2) is 11.6. The van der Waals surface area contributed by atoms with E-state index in [1.54, 1.807) is 23.5 Å². The van der Waals surface area contributed by atoms with E-state index in [0.717, 1.165) is 0 Å². The first-order valence-electron chi connectivity index (χ1n) is 7.97. The van der Waals surface area contributed by atoms with E-state index in [-0.39, 0.29) is 24.0 Å². The average molecular weight is 451 g/mol. The summed E-state index contributed by atoms with van der Waals surface area (Å²) in [6.07, 6.45) is 12.4. The van der Waals surface area contributed by atoms with Crippen LogP contribution in [0.5, 0.6) is 0 Å². The fourth-order valence-electron chi connectivity index (χ4n) is 3.00. The molecule has 0 aromatic heterocycles. The van der Waals surface area contributed by atoms with Crippen LogP contribution in [0.3, 0.4) is 0 Å². The SMILES string of the molecule is CS/C(=C\C(N1CCCCC1)=[N+]1CCCCC1)SCC#N.[I-]. The molecule has 2 aliphatic rings. The predicted octanol–water partition coefficient (Wildman–Crippen LogP) is 0.532. The fourth-order valence-corrected chi connectivity index (χ4v) is 4.26. The molecule has 0 spiro atoms. The monoisotopic (exact) mass is 451 g/mol. The number of halogens is 1. The average Bonchev–Trinajstić information content (AvgIpc) is 2.57. The molecular weight excluding hydrogens is 425 g/mol. The van der Waals surface area contributed by atoms with Crippen molar-refractivity contribution in [2.45, 2.75) is 38.5 Å². The topological polar surface area (TPSA) is 30.0 Å². The standard InChI is InChI=1S/C16H26N3S2.HI/c1-20-16(21-13-8-17)14-15(18-9-4-2-5-10-18)19-11-6-3-7-12-19;/h14H,2-7,9-13H2,1H3;1H/q+1;/p-1/b16-14+;. The quantitative estimate of drug-likeness (QED) is 0.355. The summed E-state index contributed by atoms with van der Waals surface area (Å²) in [6.45, 7) is 4.75. The molecule has 2 heterocycles. The fraction of sp³-hybridized carbons (Fsp3) is 0.750. The highest BCUT2D eigenvalue weighted by Crippen LogP contribution is 2.26. The third-order valence-electron chi connectivity index (χ3n) is 4.09. The van der Waals surface area contributed by atoms with Crippen molar-refractivity contribution in [3.8, 4) is 6.07 Å². The molecule has 0 aromatic rings. The van der Waals surface area contributed by atoms with E-state index in [1.807, 2.05) is 0 Å². The lowest BCUT2D eigenvalue weighted by atomic mass is 10.1. The number of nitriles is 1. The van der Waals surface area contributed by atoms with Crippen molar-refractivity contribution in [2.75, 3.05) is 38.2 Å². The molecule has 22 heavy (non-hydrogen) atoms. The van der Waals surface area contributed by atoms with Gasteiger partial charge in [-0.25, -0.2) is 0 Å². The van der Waals surface area contributed by atoms with Crippen molar-refractivity contribution in [1.82, 2.24) is 4.90 Å². The minimum atomic E-state index is 0. The first-order chi connectivity index (χ1) is 10.3. The third-order valence-corrected chi connectivity index (χ3v) is 6.14. The Kier molecular flexibility index (Phi) is 10.7. The van der Waals surface area contributed by atoms with Gasteiger partial charge < -0.3 is 24.0 Å². The molecule has 0 aliphatic carbocycles. The summed E-state index contributed by atoms with van der Waals surface area (Å²) in [5.74, 6) is 1.95. The Morgan fingerprint density at radius 2 is 1.77 bits per heavy atom. The van der Waals surface area contributed by atoms with Crippen LogP contribution in [0, 0.1) is 11.3 Å². The number of hydrogen-bond donors (Lipinski definition) is 0. The highest BCUT2D eigenvalue weighted by molar-refractivity contribution is 8.22. The van der Waals surface area contributed by atoms with Gasteiger partial charge in [-0.05, 0) is 44.8 Å². The summed E-state index contributed by atoms with van der Waals surface area (Å²) in [5.41, 5.74) is 0. The van der Waals surface area contributed by atoms with Gasteiger partial charge in [0.15, 0.2) is 0 Å². The predicted molar refractivity (Wildman–Crippen MR) is 93.9 cm³/mol. The maximum atomic E-state index is 8.81. The van der Waals surface area contributed by atoms with E-state index in [9.17, 15) is 0 Å². The Morgan fingerprint density at radius 3 is 2.36 bits per heavy atom. The van der Waals surface area contributed by atoms with Crippen LogP contribution in [0.2, 0.25) is 0 Å². The lowest BCUT2D eigenvalue weighted by molar-refractivity contribution is -0.541. The second-order valence-electron chi connectivity index (χ2n) is 5.57. The molecule has 0 N–H and O–H groups in total. The largest absolute Gasteiger partial charge is 1.00 e. The lowest BCUT2D eigenvalue weighted by Crippen LogP contribution is -3.00. The number of likely N-dealkylation sites (tertiary alicyclic amines) is 1. The molecule has 0 aromatic carbocycles. The highest BCUT2D eigenvalue weighted by atomic mass is 127. The molecule has 124 valence electrons. The Balaban J connectivity index is 0.00000242. The molecule has 0 amide bonds. The normalized spacial score (nSPS) is 19.4. The number of thioether (sulfide) groups is 2. The molecule has 0 saturated carbocycles. The number of amidine groups is 1. The highest BCUT2D eigenvalue weighted by Gasteiger charge is 2.25. The van der Waals surface area contributed by atoms with Gasteiger partial charge in [-0.15, -0.1) is 23.5 Å². The van der Waals surface area contributed by atoms with E-state index in [1.165, 1.54) is 74.8 Å². The summed E-state index contributed by atoms with van der Waals surface area (Å²) in [4.78, 5) is 2.57. The number of hydrogen-bond acceptors (Lipinski definition) is 3. The number of nitrogens with zero attached hydrogens (tertiary/aromatic N) is 3. The third kappa shape index (κ3) is 6.32. The molecule has 2 saturated heterocycles. The smallest absolute Gasteiger partial charge is 0.273 e. The molecule has 2 aliphatic heterocycles. The van der Waals surface area contributed by atoms with Crippen LogP contribution in [0.4, 0.5) is 0 Å². The van der Waals surface area contributed by atoms with Crippen LogP contribution < -0.4 is 24.0 Å². The van der Waals surface area contributed by atoms with Crippen LogP contribution in [0.15, 0.2) is 10.3 Å². The lowest BCUT2D eigenvalue weighted by Gasteiger charge is -2.26. The zero-order valence-corrected chi connectivity index (χ0v) is 17.2. The minimum Gasteiger partial charge on any atom is -1.00 e. The zero-order valence-electron chi connectivity index (χ0n) is 13.4. The van der Waals surface area contributed by atoms with Crippen molar-refractivity contribution in [1.29, 1.82) is 5.26 Å². The molecule has 6 heteroatoms. The van der Waals surface area contributed by atoms with E-state index in [4.69, 9.17) is 5.26 Å². The molecule has 0 bridgehead atoms. The van der Waals surface area contributed by atoms with Gasteiger partial charge in [-0.3, -0.25) is 9.48 Å². The molecule has 2 rings (SSSR count). The van der Waals surface area contributed by atoms with E-state index >= 15 is 0 Å². The Hall–Kier alpha value is 0.130. The number of rotatable bonds is 4. The summed E-state index contributed by atoms with van der Waals surface area (Å²) >= 11 is 3.43. The molecular formula is C16H26IN3S2. The summed E-state index contributed by atoms with van der Waals surface area (Å²) < 4.78 is 3.83. The van der Waals surface area contributed by atoms with Crippen LogP contribution in [-0.4, -0.2) is 53.5 Å². The van der Waals surface area contributed by atoms with Crippen molar-refractivity contribution < 1.29 is 28.6 Å².